The van der Waals surface area contributed by atoms with E-state index in [1.807, 2.05) is 13.0 Å². The number of carbonyl (C=O) groups is 2. The highest BCUT2D eigenvalue weighted by molar-refractivity contribution is 7.83. The Hall–Kier alpha value is -2.05. The molecule has 7 nitrogen and oxygen atoms in total. The van der Waals surface area contributed by atoms with E-state index in [9.17, 15) is 14.9 Å². The van der Waals surface area contributed by atoms with E-state index in [1.165, 1.54) is 9.80 Å². The van der Waals surface area contributed by atoms with Crippen molar-refractivity contribution in [3.63, 3.8) is 0 Å². The zero-order chi connectivity index (χ0) is 21.9. The molecule has 1 aromatic rings. The van der Waals surface area contributed by atoms with E-state index in [0.717, 1.165) is 12.8 Å². The van der Waals surface area contributed by atoms with Crippen molar-refractivity contribution < 1.29 is 19.1 Å². The number of rotatable bonds is 4. The molecule has 160 valence electrons. The Labute approximate surface area is 187 Å². The quantitative estimate of drug-likeness (QED) is 0.693. The molecule has 0 bridgehead atoms. The van der Waals surface area contributed by atoms with Gasteiger partial charge in [0.2, 0.25) is 6.79 Å². The first-order valence-corrected chi connectivity index (χ1v) is 10.9. The topological polar surface area (TPSA) is 82.9 Å². The normalized spacial score (nSPS) is 34.9. The summed E-state index contributed by atoms with van der Waals surface area (Å²) in [5.74, 6) is 0.538. The molecule has 30 heavy (non-hydrogen) atoms. The lowest BCUT2D eigenvalue weighted by molar-refractivity contribution is -0.165. The van der Waals surface area contributed by atoms with Gasteiger partial charge in [0.05, 0.1) is 17.5 Å². The van der Waals surface area contributed by atoms with Crippen LogP contribution in [0.1, 0.15) is 51.6 Å². The average Bonchev–Trinajstić information content (AvgIpc) is 3.26. The van der Waals surface area contributed by atoms with Gasteiger partial charge >= 0.3 is 0 Å². The summed E-state index contributed by atoms with van der Waals surface area (Å²) in [6, 6.07) is 7.03. The molecule has 3 aliphatic rings. The first-order valence-electron chi connectivity index (χ1n) is 10.0. The van der Waals surface area contributed by atoms with Crippen molar-refractivity contribution in [3.8, 4) is 17.6 Å². The van der Waals surface area contributed by atoms with E-state index in [-0.39, 0.29) is 25.0 Å². The molecule has 4 atom stereocenters. The fourth-order valence-corrected chi connectivity index (χ4v) is 5.70. The fraction of sp³-hybridized carbons (Fsp3) is 0.571. The van der Waals surface area contributed by atoms with Crippen molar-refractivity contribution in [3.05, 3.63) is 23.8 Å². The standard InChI is InChI=1S/C21H25N3O4S2/c1-4-5-8-23-18(26)21(30)10-19(2,11-22)16(24(21)17(25)20(23,3)29)13-6-7-14-15(9-13)28-12-27-14/h6-7,9,16,29-30H,4-5,8,10,12H2,1-3H3/t16-,19+,20+,21-/m0/s1. The zero-order valence-corrected chi connectivity index (χ0v) is 19.0. The lowest BCUT2D eigenvalue weighted by Gasteiger charge is -2.52. The third-order valence-electron chi connectivity index (χ3n) is 6.31. The number of unbranched alkanes of at least 4 members (excludes halogenated alkanes) is 1. The third-order valence-corrected chi connectivity index (χ3v) is 7.31. The largest absolute Gasteiger partial charge is 0.454 e. The second kappa shape index (κ2) is 6.99. The SMILES string of the molecule is CCCCN1C(=O)[C@@]2(S)C[C@](C)(C#N)[C@H](c3ccc4c(c3)OCO4)N2C(=O)[C@@]1(C)S. The maximum atomic E-state index is 13.7. The molecule has 0 aliphatic carbocycles. The van der Waals surface area contributed by atoms with Gasteiger partial charge in [-0.1, -0.05) is 19.4 Å². The maximum Gasteiger partial charge on any atom is 0.260 e. The summed E-state index contributed by atoms with van der Waals surface area (Å²) < 4.78 is 10.9. The Bertz CT molecular complexity index is 962. The van der Waals surface area contributed by atoms with E-state index < -0.39 is 21.2 Å². The highest BCUT2D eigenvalue weighted by atomic mass is 32.1. The summed E-state index contributed by atoms with van der Waals surface area (Å²) in [7, 11) is 0. The predicted molar refractivity (Wildman–Crippen MR) is 116 cm³/mol. The van der Waals surface area contributed by atoms with Crippen LogP contribution in [0.3, 0.4) is 0 Å². The summed E-state index contributed by atoms with van der Waals surface area (Å²) in [6.45, 7) is 5.96. The molecule has 1 aromatic carbocycles. The van der Waals surface area contributed by atoms with Gasteiger partial charge in [0.15, 0.2) is 21.2 Å². The molecular formula is C21H25N3O4S2. The third kappa shape index (κ3) is 2.80. The van der Waals surface area contributed by atoms with Crippen molar-refractivity contribution in [2.24, 2.45) is 5.41 Å². The number of hydrogen-bond acceptors (Lipinski definition) is 7. The minimum absolute atomic E-state index is 0.121. The molecule has 3 aliphatic heterocycles. The first kappa shape index (κ1) is 21.2. The van der Waals surface area contributed by atoms with Gasteiger partial charge in [0, 0.05) is 13.0 Å². The van der Waals surface area contributed by atoms with Crippen LogP contribution in [0.4, 0.5) is 0 Å². The van der Waals surface area contributed by atoms with Crippen molar-refractivity contribution in [1.29, 1.82) is 5.26 Å². The van der Waals surface area contributed by atoms with Crippen molar-refractivity contribution in [1.82, 2.24) is 9.80 Å². The van der Waals surface area contributed by atoms with Crippen LogP contribution in [0.15, 0.2) is 18.2 Å². The van der Waals surface area contributed by atoms with Crippen LogP contribution < -0.4 is 9.47 Å². The Morgan fingerprint density at radius 3 is 2.57 bits per heavy atom. The highest BCUT2D eigenvalue weighted by Gasteiger charge is 2.69. The lowest BCUT2D eigenvalue weighted by atomic mass is 9.79. The maximum absolute atomic E-state index is 13.7. The number of hydrogen-bond donors (Lipinski definition) is 2. The van der Waals surface area contributed by atoms with Gasteiger partial charge in [-0.05, 0) is 38.0 Å². The molecule has 0 saturated carbocycles. The second-order valence-electron chi connectivity index (χ2n) is 8.54. The first-order chi connectivity index (χ1) is 14.1. The number of carbonyl (C=O) groups excluding carboxylic acids is 2. The molecule has 0 N–H and O–H groups in total. The summed E-state index contributed by atoms with van der Waals surface area (Å²) in [5, 5.41) is 10.1. The molecule has 0 unspecified atom stereocenters. The Morgan fingerprint density at radius 1 is 1.20 bits per heavy atom. The van der Waals surface area contributed by atoms with E-state index in [2.05, 4.69) is 18.7 Å². The van der Waals surface area contributed by atoms with Crippen molar-refractivity contribution in [2.75, 3.05) is 13.3 Å². The summed E-state index contributed by atoms with van der Waals surface area (Å²) >= 11 is 9.37. The van der Waals surface area contributed by atoms with Crippen LogP contribution in [0.2, 0.25) is 0 Å². The van der Waals surface area contributed by atoms with Gasteiger partial charge in [0.25, 0.3) is 11.8 Å². The number of nitriles is 1. The monoisotopic (exact) mass is 447 g/mol. The lowest BCUT2D eigenvalue weighted by Crippen LogP contribution is -2.71. The smallest absolute Gasteiger partial charge is 0.260 e. The van der Waals surface area contributed by atoms with Crippen LogP contribution in [-0.4, -0.2) is 44.7 Å². The van der Waals surface area contributed by atoms with Crippen LogP contribution in [0.25, 0.3) is 0 Å². The molecule has 2 fully saturated rings. The number of amides is 2. The number of benzene rings is 1. The van der Waals surface area contributed by atoms with Gasteiger partial charge in [-0.15, -0.1) is 25.3 Å². The number of thiol groups is 2. The second-order valence-corrected chi connectivity index (χ2v) is 10.2. The van der Waals surface area contributed by atoms with Crippen LogP contribution in [0.5, 0.6) is 11.5 Å². The minimum Gasteiger partial charge on any atom is -0.454 e. The number of nitrogens with zero attached hydrogens (tertiary/aromatic N) is 3. The summed E-state index contributed by atoms with van der Waals surface area (Å²) in [5.41, 5.74) is -0.322. The van der Waals surface area contributed by atoms with Crippen molar-refractivity contribution in [2.45, 2.75) is 55.8 Å². The summed E-state index contributed by atoms with van der Waals surface area (Å²) in [4.78, 5) is 27.6. The van der Waals surface area contributed by atoms with E-state index in [4.69, 9.17) is 22.1 Å². The average molecular weight is 448 g/mol. The Kier molecular flexibility index (Phi) is 4.94. The molecule has 0 spiro atoms. The molecule has 0 radical (unpaired) electrons. The summed E-state index contributed by atoms with van der Waals surface area (Å²) in [6.07, 6.45) is 1.75. The zero-order valence-electron chi connectivity index (χ0n) is 17.2. The molecule has 4 rings (SSSR count). The molecule has 2 amide bonds. The van der Waals surface area contributed by atoms with Crippen molar-refractivity contribution >= 4 is 37.1 Å². The van der Waals surface area contributed by atoms with Crippen LogP contribution in [0, 0.1) is 16.7 Å². The molecular weight excluding hydrogens is 422 g/mol. The van der Waals surface area contributed by atoms with Gasteiger partial charge < -0.3 is 19.3 Å². The van der Waals surface area contributed by atoms with E-state index >= 15 is 0 Å². The Morgan fingerprint density at radius 2 is 1.90 bits per heavy atom. The number of fused-ring (bicyclic) bond motifs is 2. The van der Waals surface area contributed by atoms with Crippen LogP contribution >= 0.6 is 25.3 Å². The molecule has 2 saturated heterocycles. The number of piperazine rings is 1. The van der Waals surface area contributed by atoms with Gasteiger partial charge in [-0.2, -0.15) is 5.26 Å². The van der Waals surface area contributed by atoms with Crippen LogP contribution in [-0.2, 0) is 9.59 Å². The van der Waals surface area contributed by atoms with Gasteiger partial charge in [0.1, 0.15) is 0 Å². The Balaban J connectivity index is 1.84. The fourth-order valence-electron chi connectivity index (χ4n) is 4.75. The predicted octanol–water partition coefficient (Wildman–Crippen LogP) is 3.13. The van der Waals surface area contributed by atoms with E-state index in [0.29, 0.717) is 23.6 Å². The van der Waals surface area contributed by atoms with E-state index in [1.54, 1.807) is 26.0 Å². The minimum atomic E-state index is -1.42. The number of ether oxygens (including phenoxy) is 2. The highest BCUT2D eigenvalue weighted by Crippen LogP contribution is 2.60. The molecule has 3 heterocycles. The van der Waals surface area contributed by atoms with Gasteiger partial charge in [-0.3, -0.25) is 9.59 Å². The molecule has 0 aromatic heterocycles. The van der Waals surface area contributed by atoms with Gasteiger partial charge in [-0.25, -0.2) is 0 Å². The molecule has 9 heteroatoms.